The van der Waals surface area contributed by atoms with Gasteiger partial charge in [0.05, 0.1) is 5.56 Å². The van der Waals surface area contributed by atoms with E-state index >= 15 is 0 Å². The molecule has 0 aliphatic carbocycles. The summed E-state index contributed by atoms with van der Waals surface area (Å²) in [7, 11) is 0. The molecule has 0 radical (unpaired) electrons. The molecule has 0 spiro atoms. The first kappa shape index (κ1) is 12.9. The van der Waals surface area contributed by atoms with Crippen LogP contribution in [-0.4, -0.2) is 16.0 Å². The van der Waals surface area contributed by atoms with E-state index in [-0.39, 0.29) is 17.2 Å². The maximum absolute atomic E-state index is 12.0. The number of phenols is 1. The third kappa shape index (κ3) is 3.01. The molecule has 1 heterocycles. The Balaban J connectivity index is 2.10. The van der Waals surface area contributed by atoms with Crippen LogP contribution in [0.5, 0.6) is 5.75 Å². The van der Waals surface area contributed by atoms with Crippen molar-refractivity contribution >= 4 is 11.6 Å². The fourth-order valence-electron chi connectivity index (χ4n) is 1.71. The van der Waals surface area contributed by atoms with Crippen molar-refractivity contribution in [1.29, 1.82) is 0 Å². The number of carbonyl (C=O) groups is 1. The number of rotatable bonds is 3. The molecule has 0 aliphatic rings. The highest BCUT2D eigenvalue weighted by molar-refractivity contribution is 5.99. The fraction of sp³-hybridized carbons (Fsp3) is 0.143. The Morgan fingerprint density at radius 3 is 2.95 bits per heavy atom. The number of carbonyl (C=O) groups excluding carboxylic acids is 1. The van der Waals surface area contributed by atoms with Gasteiger partial charge >= 0.3 is 0 Å². The van der Waals surface area contributed by atoms with E-state index in [9.17, 15) is 9.90 Å². The number of aryl methyl sites for hydroxylation is 1. The minimum absolute atomic E-state index is 0.0134. The van der Waals surface area contributed by atoms with Crippen LogP contribution < -0.4 is 11.1 Å². The summed E-state index contributed by atoms with van der Waals surface area (Å²) in [5.41, 5.74) is 8.31. The van der Waals surface area contributed by atoms with Crippen molar-refractivity contribution in [2.24, 2.45) is 0 Å². The smallest absolute Gasteiger partial charge is 0.253 e. The summed E-state index contributed by atoms with van der Waals surface area (Å²) in [6.45, 7) is 2.32. The van der Waals surface area contributed by atoms with Gasteiger partial charge in [0.1, 0.15) is 5.75 Å². The van der Waals surface area contributed by atoms with E-state index in [4.69, 9.17) is 5.73 Å². The zero-order chi connectivity index (χ0) is 13.8. The molecule has 0 aliphatic heterocycles. The second-order valence-corrected chi connectivity index (χ2v) is 4.26. The zero-order valence-electron chi connectivity index (χ0n) is 10.6. The lowest BCUT2D eigenvalue weighted by atomic mass is 10.1. The van der Waals surface area contributed by atoms with Gasteiger partial charge in [0.15, 0.2) is 0 Å². The Hall–Kier alpha value is -2.56. The van der Waals surface area contributed by atoms with Gasteiger partial charge in [0, 0.05) is 24.6 Å². The van der Waals surface area contributed by atoms with Crippen molar-refractivity contribution in [3.63, 3.8) is 0 Å². The van der Waals surface area contributed by atoms with Crippen LogP contribution in [0.25, 0.3) is 0 Å². The number of nitrogens with one attached hydrogen (secondary N) is 1. The summed E-state index contributed by atoms with van der Waals surface area (Å²) in [5.74, 6) is -0.302. The Morgan fingerprint density at radius 1 is 1.42 bits per heavy atom. The highest BCUT2D eigenvalue weighted by Crippen LogP contribution is 2.18. The summed E-state index contributed by atoms with van der Waals surface area (Å²) in [5, 5.41) is 12.1. The maximum Gasteiger partial charge on any atom is 0.253 e. The summed E-state index contributed by atoms with van der Waals surface area (Å²) in [4.78, 5) is 16.0. The number of aromatic hydroxyl groups is 1. The second-order valence-electron chi connectivity index (χ2n) is 4.26. The number of aromatic nitrogens is 1. The molecule has 1 amide bonds. The molecule has 0 saturated carbocycles. The maximum atomic E-state index is 12.0. The van der Waals surface area contributed by atoms with Crippen molar-refractivity contribution in [1.82, 2.24) is 10.3 Å². The molecule has 5 nitrogen and oxygen atoms in total. The van der Waals surface area contributed by atoms with Crippen molar-refractivity contribution in [2.75, 3.05) is 5.73 Å². The Bertz CT molecular complexity index is 611. The predicted octanol–water partition coefficient (Wildman–Crippen LogP) is 1.61. The lowest BCUT2D eigenvalue weighted by molar-refractivity contribution is 0.0951. The van der Waals surface area contributed by atoms with E-state index in [2.05, 4.69) is 10.3 Å². The van der Waals surface area contributed by atoms with E-state index in [1.807, 2.05) is 13.0 Å². The van der Waals surface area contributed by atoms with Crippen molar-refractivity contribution < 1.29 is 9.90 Å². The van der Waals surface area contributed by atoms with Gasteiger partial charge < -0.3 is 16.2 Å². The van der Waals surface area contributed by atoms with Gasteiger partial charge in [-0.05, 0) is 42.3 Å². The normalized spacial score (nSPS) is 10.2. The molecule has 1 aromatic carbocycles. The molecule has 0 unspecified atom stereocenters. The number of benzene rings is 1. The van der Waals surface area contributed by atoms with E-state index in [1.165, 1.54) is 18.2 Å². The minimum atomic E-state index is -0.315. The molecule has 0 atom stereocenters. The summed E-state index contributed by atoms with van der Waals surface area (Å²) < 4.78 is 0. The molecule has 2 aromatic rings. The van der Waals surface area contributed by atoms with Gasteiger partial charge in [-0.2, -0.15) is 0 Å². The predicted molar refractivity (Wildman–Crippen MR) is 72.7 cm³/mol. The lowest BCUT2D eigenvalue weighted by Crippen LogP contribution is -2.24. The number of anilines is 1. The number of nitrogens with two attached hydrogens (primary N) is 1. The number of nitrogens with zero attached hydrogens (tertiary/aromatic N) is 1. The zero-order valence-corrected chi connectivity index (χ0v) is 10.6. The van der Waals surface area contributed by atoms with E-state index < -0.39 is 0 Å². The molecule has 4 N–H and O–H groups in total. The van der Waals surface area contributed by atoms with Crippen molar-refractivity contribution in [3.05, 3.63) is 53.3 Å². The quantitative estimate of drug-likeness (QED) is 0.575. The van der Waals surface area contributed by atoms with Gasteiger partial charge in [-0.15, -0.1) is 0 Å². The Kier molecular flexibility index (Phi) is 3.66. The second kappa shape index (κ2) is 5.39. The third-order valence-electron chi connectivity index (χ3n) is 2.86. The van der Waals surface area contributed by atoms with E-state index in [0.29, 0.717) is 12.2 Å². The van der Waals surface area contributed by atoms with Gasteiger partial charge in [-0.25, -0.2) is 0 Å². The molecule has 1 aromatic heterocycles. The van der Waals surface area contributed by atoms with Crippen LogP contribution in [0.4, 0.5) is 5.69 Å². The molecular formula is C14H15N3O2. The molecule has 98 valence electrons. The first-order valence-corrected chi connectivity index (χ1v) is 5.84. The van der Waals surface area contributed by atoms with Crippen molar-refractivity contribution in [3.8, 4) is 5.75 Å². The molecular weight excluding hydrogens is 242 g/mol. The van der Waals surface area contributed by atoms with Crippen LogP contribution in [0, 0.1) is 6.92 Å². The average molecular weight is 257 g/mol. The fourth-order valence-corrected chi connectivity index (χ4v) is 1.71. The number of amides is 1. The highest BCUT2D eigenvalue weighted by Gasteiger charge is 2.10. The number of hydrogen-bond donors (Lipinski definition) is 3. The Labute approximate surface area is 111 Å². The summed E-state index contributed by atoms with van der Waals surface area (Å²) in [6, 6.07) is 6.15. The highest BCUT2D eigenvalue weighted by atomic mass is 16.3. The average Bonchev–Trinajstić information content (AvgIpc) is 2.40. The number of phenolic OH excluding ortho intramolecular Hbond substituents is 1. The van der Waals surface area contributed by atoms with Gasteiger partial charge in [0.25, 0.3) is 5.91 Å². The molecule has 5 heteroatoms. The SMILES string of the molecule is Cc1cnccc1CNC(=O)c1cc(O)ccc1N. The molecule has 19 heavy (non-hydrogen) atoms. The number of pyridine rings is 1. The van der Waals surface area contributed by atoms with Gasteiger partial charge in [-0.3, -0.25) is 9.78 Å². The van der Waals surface area contributed by atoms with Crippen LogP contribution in [0.15, 0.2) is 36.7 Å². The first-order valence-electron chi connectivity index (χ1n) is 5.84. The first-order chi connectivity index (χ1) is 9.08. The van der Waals surface area contributed by atoms with Crippen LogP contribution >= 0.6 is 0 Å². The Morgan fingerprint density at radius 2 is 2.21 bits per heavy atom. The number of hydrogen-bond acceptors (Lipinski definition) is 4. The van der Waals surface area contributed by atoms with E-state index in [0.717, 1.165) is 11.1 Å². The van der Waals surface area contributed by atoms with Crippen LogP contribution in [-0.2, 0) is 6.54 Å². The molecule has 0 fully saturated rings. The molecule has 2 rings (SSSR count). The summed E-state index contributed by atoms with van der Waals surface area (Å²) >= 11 is 0. The summed E-state index contributed by atoms with van der Waals surface area (Å²) in [6.07, 6.45) is 3.42. The van der Waals surface area contributed by atoms with Crippen LogP contribution in [0.1, 0.15) is 21.5 Å². The van der Waals surface area contributed by atoms with E-state index in [1.54, 1.807) is 12.4 Å². The van der Waals surface area contributed by atoms with Crippen LogP contribution in [0.3, 0.4) is 0 Å². The monoisotopic (exact) mass is 257 g/mol. The third-order valence-corrected chi connectivity index (χ3v) is 2.86. The van der Waals surface area contributed by atoms with Crippen molar-refractivity contribution in [2.45, 2.75) is 13.5 Å². The molecule has 0 saturated heterocycles. The van der Waals surface area contributed by atoms with Crippen LogP contribution in [0.2, 0.25) is 0 Å². The number of nitrogen functional groups attached to an aromatic ring is 1. The molecule has 0 bridgehead atoms. The standard InChI is InChI=1S/C14H15N3O2/c1-9-7-16-5-4-10(9)8-17-14(19)12-6-11(18)2-3-13(12)15/h2-7,18H,8,15H2,1H3,(H,17,19). The lowest BCUT2D eigenvalue weighted by Gasteiger charge is -2.09. The van der Waals surface area contributed by atoms with Gasteiger partial charge in [-0.1, -0.05) is 0 Å². The van der Waals surface area contributed by atoms with Gasteiger partial charge in [0.2, 0.25) is 0 Å². The topological polar surface area (TPSA) is 88.2 Å². The minimum Gasteiger partial charge on any atom is -0.508 e. The largest absolute Gasteiger partial charge is 0.508 e.